The zero-order valence-corrected chi connectivity index (χ0v) is 21.0. The third-order valence-electron chi connectivity index (χ3n) is 5.03. The van der Waals surface area contributed by atoms with Crippen molar-refractivity contribution in [2.45, 2.75) is 45.3 Å². The van der Waals surface area contributed by atoms with Gasteiger partial charge in [-0.15, -0.1) is 26.3 Å². The van der Waals surface area contributed by atoms with E-state index in [1.165, 1.54) is 30.3 Å². The minimum atomic E-state index is -4.92. The number of hydrogen-bond donors (Lipinski definition) is 1. The second-order valence-corrected chi connectivity index (χ2v) is 7.73. The minimum Gasteiger partial charge on any atom is -0.406 e. The van der Waals surface area contributed by atoms with Crippen LogP contribution in [0.1, 0.15) is 38.3 Å². The summed E-state index contributed by atoms with van der Waals surface area (Å²) in [6.45, 7) is 17.0. The van der Waals surface area contributed by atoms with Crippen LogP contribution in [0.3, 0.4) is 0 Å². The Morgan fingerprint density at radius 1 is 0.865 bits per heavy atom. The molecule has 9 heteroatoms. The summed E-state index contributed by atoms with van der Waals surface area (Å²) in [6.07, 6.45) is -4.98. The first kappa shape index (κ1) is 31.4. The number of rotatable bonds is 11. The molecule has 0 spiro atoms. The first-order valence-corrected chi connectivity index (χ1v) is 11.3. The van der Waals surface area contributed by atoms with Gasteiger partial charge in [-0.3, -0.25) is 0 Å². The fourth-order valence-corrected chi connectivity index (χ4v) is 3.62. The molecule has 0 heterocycles. The molecule has 37 heavy (non-hydrogen) atoms. The van der Waals surface area contributed by atoms with Crippen molar-refractivity contribution < 1.29 is 35.8 Å². The topological polar surface area (TPSA) is 30.5 Å². The Hall–Kier alpha value is -3.62. The van der Waals surface area contributed by atoms with E-state index in [1.807, 2.05) is 13.8 Å². The van der Waals surface area contributed by atoms with Crippen LogP contribution in [-0.4, -0.2) is 19.3 Å². The molecule has 0 bridgehead atoms. The molecule has 0 aliphatic heterocycles. The van der Waals surface area contributed by atoms with Crippen molar-refractivity contribution in [1.29, 1.82) is 0 Å². The Morgan fingerprint density at radius 3 is 1.68 bits per heavy atom. The van der Waals surface area contributed by atoms with Gasteiger partial charge in [-0.05, 0) is 54.3 Å². The average molecular weight is 528 g/mol. The van der Waals surface area contributed by atoms with Gasteiger partial charge in [-0.25, -0.2) is 0 Å². The van der Waals surface area contributed by atoms with Crippen LogP contribution in [0.4, 0.5) is 26.3 Å². The highest BCUT2D eigenvalue weighted by atomic mass is 19.4. The van der Waals surface area contributed by atoms with Gasteiger partial charge in [0.15, 0.2) is 0 Å². The normalized spacial score (nSPS) is 12.1. The minimum absolute atomic E-state index is 0.0790. The van der Waals surface area contributed by atoms with Crippen LogP contribution in [0.25, 0.3) is 0 Å². The number of alkyl halides is 6. The van der Waals surface area contributed by atoms with Gasteiger partial charge in [0.1, 0.15) is 11.5 Å². The second-order valence-electron chi connectivity index (χ2n) is 7.73. The largest absolute Gasteiger partial charge is 0.573 e. The van der Waals surface area contributed by atoms with Gasteiger partial charge in [-0.1, -0.05) is 76.1 Å². The quantitative estimate of drug-likeness (QED) is 0.234. The molecule has 0 aromatic heterocycles. The molecule has 0 amide bonds. The van der Waals surface area contributed by atoms with Gasteiger partial charge in [0, 0.05) is 17.7 Å². The molecule has 1 N–H and O–H groups in total. The van der Waals surface area contributed by atoms with Gasteiger partial charge in [0.25, 0.3) is 0 Å². The predicted molar refractivity (Wildman–Crippen MR) is 134 cm³/mol. The smallest absolute Gasteiger partial charge is 0.406 e. The lowest BCUT2D eigenvalue weighted by Crippen LogP contribution is -2.39. The molecule has 0 saturated carbocycles. The molecular formula is C28H31F6NO2. The third kappa shape index (κ3) is 10.1. The lowest BCUT2D eigenvalue weighted by atomic mass is 9.70. The van der Waals surface area contributed by atoms with Crippen LogP contribution in [0.5, 0.6) is 11.5 Å². The fourth-order valence-electron chi connectivity index (χ4n) is 3.62. The number of nitrogens with one attached hydrogen (secondary N) is 1. The van der Waals surface area contributed by atoms with Crippen molar-refractivity contribution in [1.82, 2.24) is 5.32 Å². The summed E-state index contributed by atoms with van der Waals surface area (Å²) in [4.78, 5) is 0. The molecule has 0 radical (unpaired) electrons. The van der Waals surface area contributed by atoms with Crippen LogP contribution in [-0.2, 0) is 5.41 Å². The van der Waals surface area contributed by atoms with Crippen LogP contribution < -0.4 is 14.8 Å². The Kier molecular flexibility index (Phi) is 11.6. The lowest BCUT2D eigenvalue weighted by molar-refractivity contribution is -0.275. The fraction of sp³-hybridized carbons (Fsp3) is 0.286. The number of ether oxygens (including phenoxy) is 2. The van der Waals surface area contributed by atoms with Crippen molar-refractivity contribution in [2.75, 3.05) is 6.54 Å². The van der Waals surface area contributed by atoms with E-state index in [9.17, 15) is 26.3 Å². The van der Waals surface area contributed by atoms with Crippen LogP contribution in [0, 0.1) is 0 Å². The van der Waals surface area contributed by atoms with E-state index in [2.05, 4.69) is 34.5 Å². The highest BCUT2D eigenvalue weighted by Crippen LogP contribution is 2.41. The molecule has 0 unspecified atom stereocenters. The van der Waals surface area contributed by atoms with Crippen molar-refractivity contribution in [3.8, 4) is 11.5 Å². The number of benzene rings is 2. The van der Waals surface area contributed by atoms with Gasteiger partial charge in [-0.2, -0.15) is 0 Å². The summed E-state index contributed by atoms with van der Waals surface area (Å²) in [5.74, 6) is -0.935. The third-order valence-corrected chi connectivity index (χ3v) is 5.03. The lowest BCUT2D eigenvalue weighted by Gasteiger charge is -2.37. The van der Waals surface area contributed by atoms with Crippen molar-refractivity contribution in [3.05, 3.63) is 109 Å². The first-order chi connectivity index (χ1) is 17.3. The van der Waals surface area contributed by atoms with Gasteiger partial charge >= 0.3 is 12.7 Å². The first-order valence-electron chi connectivity index (χ1n) is 11.3. The van der Waals surface area contributed by atoms with E-state index >= 15 is 0 Å². The molecule has 202 valence electrons. The number of hydrogen-bond acceptors (Lipinski definition) is 3. The van der Waals surface area contributed by atoms with E-state index in [0.717, 1.165) is 12.1 Å². The van der Waals surface area contributed by atoms with E-state index in [1.54, 1.807) is 31.2 Å². The summed E-state index contributed by atoms with van der Waals surface area (Å²) < 4.78 is 85.7. The molecule has 0 aliphatic rings. The molecule has 2 aromatic carbocycles. The van der Waals surface area contributed by atoms with Gasteiger partial charge < -0.3 is 14.8 Å². The van der Waals surface area contributed by atoms with E-state index in [0.29, 0.717) is 22.4 Å². The summed E-state index contributed by atoms with van der Waals surface area (Å²) in [6, 6.07) is 10.6. The Morgan fingerprint density at radius 2 is 1.32 bits per heavy atom. The van der Waals surface area contributed by atoms with Crippen molar-refractivity contribution in [2.24, 2.45) is 0 Å². The van der Waals surface area contributed by atoms with Crippen LogP contribution >= 0.6 is 0 Å². The molecule has 0 saturated heterocycles. The maximum atomic E-state index is 12.9. The average Bonchev–Trinajstić information content (AvgIpc) is 2.80. The number of halogens is 6. The van der Waals surface area contributed by atoms with E-state index in [4.69, 9.17) is 0 Å². The number of allylic oxidation sites excluding steroid dienone is 5. The zero-order chi connectivity index (χ0) is 28.3. The summed E-state index contributed by atoms with van der Waals surface area (Å²) in [5, 5.41) is 3.08. The van der Waals surface area contributed by atoms with Crippen molar-refractivity contribution in [3.63, 3.8) is 0 Å². The van der Waals surface area contributed by atoms with Crippen molar-refractivity contribution >= 4 is 0 Å². The zero-order valence-electron chi connectivity index (χ0n) is 21.0. The SMILES string of the molecule is C=C/C=C(\C=C)CC(CNC(=C)C)(c1cccc(OC(F)(F)F)c1)c1cccc(OC(F)(F)F)c1.CC. The van der Waals surface area contributed by atoms with Gasteiger partial charge in [0.05, 0.1) is 0 Å². The molecule has 0 aliphatic carbocycles. The van der Waals surface area contributed by atoms with E-state index < -0.39 is 29.6 Å². The highest BCUT2D eigenvalue weighted by molar-refractivity contribution is 5.48. The highest BCUT2D eigenvalue weighted by Gasteiger charge is 2.38. The molecule has 2 rings (SSSR count). The second kappa shape index (κ2) is 13.6. The summed E-state index contributed by atoms with van der Waals surface area (Å²) in [5.41, 5.74) is 0.723. The standard InChI is InChI=1S/C26H25F6NO2.C2H6/c1-5-9-19(6-2)16-24(17-33-18(3)4,20-10-7-12-22(14-20)34-25(27,28)29)21-11-8-13-23(15-21)35-26(30,31)32;1-2/h5-15,33H,1-3,16-17H2,4H3;1-2H3/b19-9+;. The molecule has 0 atom stereocenters. The molecule has 0 fully saturated rings. The predicted octanol–water partition coefficient (Wildman–Crippen LogP) is 8.61. The Labute approximate surface area is 213 Å². The summed E-state index contributed by atoms with van der Waals surface area (Å²) in [7, 11) is 0. The van der Waals surface area contributed by atoms with E-state index in [-0.39, 0.29) is 13.0 Å². The van der Waals surface area contributed by atoms with Gasteiger partial charge in [0.2, 0.25) is 0 Å². The van der Waals surface area contributed by atoms with Crippen LogP contribution in [0.2, 0.25) is 0 Å². The monoisotopic (exact) mass is 527 g/mol. The Balaban J connectivity index is 0.00000334. The van der Waals surface area contributed by atoms with Crippen LogP contribution in [0.15, 0.2) is 97.8 Å². The maximum Gasteiger partial charge on any atom is 0.573 e. The Bertz CT molecular complexity index is 1030. The molecule has 2 aromatic rings. The molecule has 3 nitrogen and oxygen atoms in total. The summed E-state index contributed by atoms with van der Waals surface area (Å²) >= 11 is 0. The molecular weight excluding hydrogens is 496 g/mol. The maximum absolute atomic E-state index is 12.9.